The number of carboxylic acid groups (broad SMARTS) is 1. The zero-order valence-corrected chi connectivity index (χ0v) is 8.96. The van der Waals surface area contributed by atoms with Crippen LogP contribution in [-0.2, 0) is 11.2 Å². The van der Waals surface area contributed by atoms with Crippen LogP contribution in [0, 0.1) is 11.6 Å². The molecule has 1 rings (SSSR count). The van der Waals surface area contributed by atoms with Crippen molar-refractivity contribution < 1.29 is 23.4 Å². The average molecular weight is 230 g/mol. The first-order valence-electron chi connectivity index (χ1n) is 4.76. The van der Waals surface area contributed by atoms with Crippen molar-refractivity contribution in [2.24, 2.45) is 0 Å². The highest BCUT2D eigenvalue weighted by Gasteiger charge is 2.16. The first kappa shape index (κ1) is 12.4. The number of hydrogen-bond donors (Lipinski definition) is 1. The van der Waals surface area contributed by atoms with Crippen LogP contribution in [0.25, 0.3) is 0 Å². The molecule has 0 aromatic heterocycles. The van der Waals surface area contributed by atoms with E-state index < -0.39 is 24.0 Å². The molecule has 0 aliphatic rings. The summed E-state index contributed by atoms with van der Waals surface area (Å²) in [7, 11) is 0. The summed E-state index contributed by atoms with van der Waals surface area (Å²) in [6.07, 6.45) is -0.788. The van der Waals surface area contributed by atoms with Crippen LogP contribution in [-0.4, -0.2) is 17.2 Å². The quantitative estimate of drug-likeness (QED) is 0.863. The van der Waals surface area contributed by atoms with E-state index >= 15 is 0 Å². The fourth-order valence-electron chi connectivity index (χ4n) is 1.28. The molecular weight excluding hydrogens is 218 g/mol. The van der Waals surface area contributed by atoms with Crippen LogP contribution in [0.5, 0.6) is 5.75 Å². The smallest absolute Gasteiger partial charge is 0.307 e. The fraction of sp³-hybridized carbons (Fsp3) is 0.364. The molecule has 16 heavy (non-hydrogen) atoms. The Bertz CT molecular complexity index is 402. The van der Waals surface area contributed by atoms with Crippen LogP contribution >= 0.6 is 0 Å². The highest BCUT2D eigenvalue weighted by molar-refractivity contribution is 5.71. The largest absolute Gasteiger partial charge is 0.488 e. The molecule has 0 saturated carbocycles. The molecule has 0 aliphatic heterocycles. The van der Waals surface area contributed by atoms with E-state index in [-0.39, 0.29) is 17.4 Å². The van der Waals surface area contributed by atoms with Crippen molar-refractivity contribution in [2.75, 3.05) is 0 Å². The number of benzene rings is 1. The summed E-state index contributed by atoms with van der Waals surface area (Å²) in [5, 5.41) is 8.61. The molecule has 0 unspecified atom stereocenters. The van der Waals surface area contributed by atoms with E-state index in [0.29, 0.717) is 6.07 Å². The predicted molar refractivity (Wildman–Crippen MR) is 53.5 cm³/mol. The molecule has 1 N–H and O–H groups in total. The number of rotatable bonds is 4. The Balaban J connectivity index is 3.15. The molecule has 0 bridgehead atoms. The van der Waals surface area contributed by atoms with Gasteiger partial charge in [0.2, 0.25) is 0 Å². The highest BCUT2D eigenvalue weighted by Crippen LogP contribution is 2.26. The van der Waals surface area contributed by atoms with Gasteiger partial charge in [-0.05, 0) is 19.9 Å². The van der Waals surface area contributed by atoms with Gasteiger partial charge in [-0.25, -0.2) is 8.78 Å². The number of halogens is 2. The Hall–Kier alpha value is -1.65. The second-order valence-electron chi connectivity index (χ2n) is 3.61. The number of ether oxygens (including phenoxy) is 1. The number of carboxylic acids is 1. The van der Waals surface area contributed by atoms with Crippen molar-refractivity contribution in [1.29, 1.82) is 0 Å². The van der Waals surface area contributed by atoms with E-state index in [1.165, 1.54) is 0 Å². The van der Waals surface area contributed by atoms with Crippen molar-refractivity contribution in [1.82, 2.24) is 0 Å². The van der Waals surface area contributed by atoms with Crippen LogP contribution in [0.1, 0.15) is 19.4 Å². The second kappa shape index (κ2) is 4.92. The lowest BCUT2D eigenvalue weighted by molar-refractivity contribution is -0.136. The Morgan fingerprint density at radius 1 is 1.44 bits per heavy atom. The third kappa shape index (κ3) is 3.18. The van der Waals surface area contributed by atoms with Gasteiger partial charge in [-0.15, -0.1) is 0 Å². The van der Waals surface area contributed by atoms with Crippen LogP contribution in [0.3, 0.4) is 0 Å². The van der Waals surface area contributed by atoms with Gasteiger partial charge in [0.1, 0.15) is 5.82 Å². The van der Waals surface area contributed by atoms with Crippen LogP contribution in [0.2, 0.25) is 0 Å². The van der Waals surface area contributed by atoms with E-state index in [0.717, 1.165) is 6.07 Å². The number of hydrogen-bond acceptors (Lipinski definition) is 2. The minimum atomic E-state index is -1.17. The average Bonchev–Trinajstić information content (AvgIpc) is 2.09. The van der Waals surface area contributed by atoms with Gasteiger partial charge in [0.25, 0.3) is 0 Å². The molecule has 88 valence electrons. The molecule has 0 fully saturated rings. The Labute approximate surface area is 91.7 Å². The van der Waals surface area contributed by atoms with E-state index in [4.69, 9.17) is 9.84 Å². The molecule has 0 atom stereocenters. The van der Waals surface area contributed by atoms with Gasteiger partial charge in [-0.1, -0.05) is 0 Å². The highest BCUT2D eigenvalue weighted by atomic mass is 19.1. The number of aliphatic carboxylic acids is 1. The first-order valence-corrected chi connectivity index (χ1v) is 4.76. The van der Waals surface area contributed by atoms with Gasteiger partial charge in [-0.2, -0.15) is 0 Å². The summed E-state index contributed by atoms with van der Waals surface area (Å²) in [5.74, 6) is -3.06. The lowest BCUT2D eigenvalue weighted by Crippen LogP contribution is -2.11. The molecule has 0 heterocycles. The summed E-state index contributed by atoms with van der Waals surface area (Å²) in [6, 6.07) is 1.64. The lowest BCUT2D eigenvalue weighted by Gasteiger charge is -2.14. The van der Waals surface area contributed by atoms with Crippen LogP contribution < -0.4 is 4.74 Å². The zero-order chi connectivity index (χ0) is 12.3. The standard InChI is InChI=1S/C11H12F2O3/c1-6(2)16-11-7(4-10(14)15)3-8(12)5-9(11)13/h3,5-6H,4H2,1-2H3,(H,14,15). The SMILES string of the molecule is CC(C)Oc1c(F)cc(F)cc1CC(=O)O. The topological polar surface area (TPSA) is 46.5 Å². The van der Waals surface area contributed by atoms with Crippen LogP contribution in [0.15, 0.2) is 12.1 Å². The van der Waals surface area contributed by atoms with Crippen molar-refractivity contribution in [2.45, 2.75) is 26.4 Å². The monoisotopic (exact) mass is 230 g/mol. The normalized spacial score (nSPS) is 10.6. The molecule has 5 heteroatoms. The number of carbonyl (C=O) groups is 1. The summed E-state index contributed by atoms with van der Waals surface area (Å²) in [6.45, 7) is 3.35. The molecule has 0 saturated heterocycles. The first-order chi connectivity index (χ1) is 7.40. The van der Waals surface area contributed by atoms with Gasteiger partial charge in [0.15, 0.2) is 11.6 Å². The maximum absolute atomic E-state index is 13.4. The third-order valence-corrected chi connectivity index (χ3v) is 1.78. The maximum atomic E-state index is 13.4. The molecule has 3 nitrogen and oxygen atoms in total. The molecule has 1 aromatic rings. The molecule has 0 radical (unpaired) electrons. The minimum absolute atomic E-state index is 0.00120. The summed E-state index contributed by atoms with van der Waals surface area (Å²) >= 11 is 0. The van der Waals surface area contributed by atoms with Gasteiger partial charge in [0, 0.05) is 11.6 Å². The lowest BCUT2D eigenvalue weighted by atomic mass is 10.1. The molecular formula is C11H12F2O3. The maximum Gasteiger partial charge on any atom is 0.307 e. The molecule has 0 spiro atoms. The molecule has 0 amide bonds. The molecule has 0 aliphatic carbocycles. The van der Waals surface area contributed by atoms with E-state index in [2.05, 4.69) is 0 Å². The Morgan fingerprint density at radius 3 is 2.56 bits per heavy atom. The van der Waals surface area contributed by atoms with Crippen molar-refractivity contribution >= 4 is 5.97 Å². The third-order valence-electron chi connectivity index (χ3n) is 1.78. The summed E-state index contributed by atoms with van der Waals surface area (Å²) in [4.78, 5) is 10.5. The van der Waals surface area contributed by atoms with Gasteiger partial charge >= 0.3 is 5.97 Å². The predicted octanol–water partition coefficient (Wildman–Crippen LogP) is 2.38. The summed E-state index contributed by atoms with van der Waals surface area (Å²) in [5.41, 5.74) is -0.00120. The summed E-state index contributed by atoms with van der Waals surface area (Å²) < 4.78 is 31.4. The van der Waals surface area contributed by atoms with Crippen molar-refractivity contribution in [3.8, 4) is 5.75 Å². The molecule has 1 aromatic carbocycles. The van der Waals surface area contributed by atoms with Crippen molar-refractivity contribution in [3.63, 3.8) is 0 Å². The fourth-order valence-corrected chi connectivity index (χ4v) is 1.28. The second-order valence-corrected chi connectivity index (χ2v) is 3.61. The van der Waals surface area contributed by atoms with Crippen molar-refractivity contribution in [3.05, 3.63) is 29.3 Å². The van der Waals surface area contributed by atoms with Gasteiger partial charge < -0.3 is 9.84 Å². The van der Waals surface area contributed by atoms with Crippen LogP contribution in [0.4, 0.5) is 8.78 Å². The minimum Gasteiger partial charge on any atom is -0.488 e. The van der Waals surface area contributed by atoms with E-state index in [9.17, 15) is 13.6 Å². The Morgan fingerprint density at radius 2 is 2.06 bits per heavy atom. The Kier molecular flexibility index (Phi) is 3.82. The van der Waals surface area contributed by atoms with Gasteiger partial charge in [0.05, 0.1) is 12.5 Å². The van der Waals surface area contributed by atoms with E-state index in [1.807, 2.05) is 0 Å². The zero-order valence-electron chi connectivity index (χ0n) is 8.96. The van der Waals surface area contributed by atoms with E-state index in [1.54, 1.807) is 13.8 Å². The van der Waals surface area contributed by atoms with Gasteiger partial charge in [-0.3, -0.25) is 4.79 Å².